The Morgan fingerprint density at radius 1 is 1.12 bits per heavy atom. The normalized spacial score (nSPS) is 13.3. The van der Waals surface area contributed by atoms with Crippen LogP contribution in [0.2, 0.25) is 0 Å². The number of hydrazone groups is 1. The van der Waals surface area contributed by atoms with Crippen LogP contribution in [0.1, 0.15) is 11.1 Å². The quantitative estimate of drug-likeness (QED) is 0.556. The minimum atomic E-state index is 0.477. The molecule has 0 saturated carbocycles. The molecule has 1 aromatic heterocycles. The Labute approximate surface area is 154 Å². The molecule has 0 atom stereocenters. The van der Waals surface area contributed by atoms with Crippen molar-refractivity contribution >= 4 is 29.6 Å². The van der Waals surface area contributed by atoms with E-state index < -0.39 is 0 Å². The number of anilines is 1. The number of nitrogens with zero attached hydrogens (tertiary/aromatic N) is 5. The Hall–Kier alpha value is -3.13. The van der Waals surface area contributed by atoms with Crippen molar-refractivity contribution in [3.63, 3.8) is 0 Å². The van der Waals surface area contributed by atoms with Gasteiger partial charge in [-0.3, -0.25) is 0 Å². The van der Waals surface area contributed by atoms with Gasteiger partial charge in [-0.25, -0.2) is 5.43 Å². The topological polar surface area (TPSA) is 76.7 Å². The maximum absolute atomic E-state index is 5.14. The fraction of sp³-hybridized carbons (Fsp3) is 0.111. The van der Waals surface area contributed by atoms with E-state index in [0.29, 0.717) is 5.95 Å². The molecule has 1 aliphatic rings. The van der Waals surface area contributed by atoms with Gasteiger partial charge in [0.25, 0.3) is 5.95 Å². The fourth-order valence-corrected chi connectivity index (χ4v) is 3.26. The standard InChI is InChI=1S/C18H16N6OS/c1-25-15-9-7-13(8-10-15)11-19-20-17-21-22-18-24(17)23-16(12-26-18)14-5-3-2-4-6-14/h2-11H,12H2,1H3,(H,20,21)/b19-11+. The predicted octanol–water partition coefficient (Wildman–Crippen LogP) is 3.09. The highest BCUT2D eigenvalue weighted by Crippen LogP contribution is 2.25. The molecule has 0 amide bonds. The largest absolute Gasteiger partial charge is 0.497 e. The lowest BCUT2D eigenvalue weighted by Crippen LogP contribution is -2.14. The third-order valence-corrected chi connectivity index (χ3v) is 4.70. The monoisotopic (exact) mass is 364 g/mol. The third-order valence-electron chi connectivity index (χ3n) is 3.77. The second-order valence-electron chi connectivity index (χ2n) is 5.46. The van der Waals surface area contributed by atoms with E-state index in [0.717, 1.165) is 33.5 Å². The van der Waals surface area contributed by atoms with Crippen molar-refractivity contribution in [1.29, 1.82) is 0 Å². The number of hydrogen-bond donors (Lipinski definition) is 1. The van der Waals surface area contributed by atoms with Crippen LogP contribution < -0.4 is 10.2 Å². The molecule has 3 aromatic rings. The molecular formula is C18H16N6OS. The number of fused-ring (bicyclic) bond motifs is 1. The van der Waals surface area contributed by atoms with Gasteiger partial charge < -0.3 is 4.74 Å². The van der Waals surface area contributed by atoms with E-state index in [1.807, 2.05) is 54.6 Å². The molecule has 0 spiro atoms. The number of methoxy groups -OCH3 is 1. The molecule has 2 heterocycles. The average molecular weight is 364 g/mol. The van der Waals surface area contributed by atoms with Gasteiger partial charge in [-0.05, 0) is 35.4 Å². The molecule has 0 fully saturated rings. The van der Waals surface area contributed by atoms with Crippen molar-refractivity contribution in [3.8, 4) is 5.75 Å². The van der Waals surface area contributed by atoms with E-state index in [1.54, 1.807) is 29.8 Å². The molecule has 130 valence electrons. The second kappa shape index (κ2) is 7.40. The summed E-state index contributed by atoms with van der Waals surface area (Å²) in [4.78, 5) is 0. The van der Waals surface area contributed by atoms with Crippen molar-refractivity contribution in [2.24, 2.45) is 10.2 Å². The third kappa shape index (κ3) is 3.45. The summed E-state index contributed by atoms with van der Waals surface area (Å²) in [7, 11) is 1.64. The minimum Gasteiger partial charge on any atom is -0.497 e. The maximum atomic E-state index is 5.14. The van der Waals surface area contributed by atoms with E-state index >= 15 is 0 Å². The fourth-order valence-electron chi connectivity index (χ4n) is 2.42. The van der Waals surface area contributed by atoms with Gasteiger partial charge in [0.2, 0.25) is 5.16 Å². The van der Waals surface area contributed by atoms with E-state index in [-0.39, 0.29) is 0 Å². The number of ether oxygens (including phenoxy) is 1. The van der Waals surface area contributed by atoms with Crippen molar-refractivity contribution in [1.82, 2.24) is 14.9 Å². The first-order chi connectivity index (χ1) is 12.8. The van der Waals surface area contributed by atoms with Crippen LogP contribution in [0.5, 0.6) is 5.75 Å². The van der Waals surface area contributed by atoms with E-state index in [9.17, 15) is 0 Å². The molecule has 0 aliphatic carbocycles. The van der Waals surface area contributed by atoms with Gasteiger partial charge >= 0.3 is 0 Å². The molecule has 7 nitrogen and oxygen atoms in total. The molecule has 0 bridgehead atoms. The summed E-state index contributed by atoms with van der Waals surface area (Å²) in [6.45, 7) is 0. The van der Waals surface area contributed by atoms with Crippen LogP contribution >= 0.6 is 11.8 Å². The molecule has 4 rings (SSSR count). The van der Waals surface area contributed by atoms with Gasteiger partial charge in [-0.1, -0.05) is 42.1 Å². The highest BCUT2D eigenvalue weighted by molar-refractivity contribution is 7.99. The summed E-state index contributed by atoms with van der Waals surface area (Å²) in [6, 6.07) is 17.7. The van der Waals surface area contributed by atoms with Crippen molar-refractivity contribution < 1.29 is 4.74 Å². The van der Waals surface area contributed by atoms with Gasteiger partial charge in [0.15, 0.2) is 0 Å². The van der Waals surface area contributed by atoms with Crippen LogP contribution in [-0.2, 0) is 0 Å². The SMILES string of the molecule is COc1ccc(/C=N/Nc2nnc3n2N=C(c2ccccc2)CS3)cc1. The zero-order chi connectivity index (χ0) is 17.8. The van der Waals surface area contributed by atoms with Gasteiger partial charge in [0, 0.05) is 5.75 Å². The Morgan fingerprint density at radius 2 is 1.92 bits per heavy atom. The highest BCUT2D eigenvalue weighted by atomic mass is 32.2. The van der Waals surface area contributed by atoms with Gasteiger partial charge in [0.1, 0.15) is 5.75 Å². The Balaban J connectivity index is 1.52. The Morgan fingerprint density at radius 3 is 2.69 bits per heavy atom. The van der Waals surface area contributed by atoms with Crippen molar-refractivity contribution in [2.75, 3.05) is 18.3 Å². The zero-order valence-corrected chi connectivity index (χ0v) is 14.8. The lowest BCUT2D eigenvalue weighted by Gasteiger charge is -2.13. The first-order valence-corrected chi connectivity index (χ1v) is 8.96. The lowest BCUT2D eigenvalue weighted by molar-refractivity contribution is 0.415. The van der Waals surface area contributed by atoms with Crippen LogP contribution in [0, 0.1) is 0 Å². The van der Waals surface area contributed by atoms with Crippen molar-refractivity contribution in [3.05, 3.63) is 65.7 Å². The summed E-state index contributed by atoms with van der Waals surface area (Å²) in [5.41, 5.74) is 5.92. The van der Waals surface area contributed by atoms with Crippen molar-refractivity contribution in [2.45, 2.75) is 5.16 Å². The summed E-state index contributed by atoms with van der Waals surface area (Å²) in [5, 5.41) is 17.9. The number of hydrogen-bond acceptors (Lipinski definition) is 7. The van der Waals surface area contributed by atoms with Gasteiger partial charge in [0.05, 0.1) is 19.0 Å². The van der Waals surface area contributed by atoms with Crippen LogP contribution in [0.4, 0.5) is 5.95 Å². The maximum Gasteiger partial charge on any atom is 0.266 e. The summed E-state index contributed by atoms with van der Waals surface area (Å²) < 4.78 is 6.82. The predicted molar refractivity (Wildman–Crippen MR) is 103 cm³/mol. The molecule has 1 aliphatic heterocycles. The van der Waals surface area contributed by atoms with Crippen LogP contribution in [0.15, 0.2) is 70.0 Å². The Bertz CT molecular complexity index is 950. The molecule has 0 saturated heterocycles. The Kier molecular flexibility index (Phi) is 4.65. The first kappa shape index (κ1) is 16.3. The first-order valence-electron chi connectivity index (χ1n) is 7.98. The zero-order valence-electron chi connectivity index (χ0n) is 14.0. The molecule has 26 heavy (non-hydrogen) atoms. The highest BCUT2D eigenvalue weighted by Gasteiger charge is 2.19. The number of nitrogens with one attached hydrogen (secondary N) is 1. The summed E-state index contributed by atoms with van der Waals surface area (Å²) in [6.07, 6.45) is 1.71. The van der Waals surface area contributed by atoms with Gasteiger partial charge in [-0.2, -0.15) is 14.9 Å². The summed E-state index contributed by atoms with van der Waals surface area (Å²) >= 11 is 1.60. The van der Waals surface area contributed by atoms with E-state index in [4.69, 9.17) is 4.74 Å². The smallest absolute Gasteiger partial charge is 0.266 e. The average Bonchev–Trinajstić information content (AvgIpc) is 3.11. The van der Waals surface area contributed by atoms with Crippen LogP contribution in [-0.4, -0.2) is 39.7 Å². The molecule has 2 aromatic carbocycles. The number of aromatic nitrogens is 3. The second-order valence-corrected chi connectivity index (χ2v) is 6.41. The molecular weight excluding hydrogens is 348 g/mol. The number of rotatable bonds is 5. The van der Waals surface area contributed by atoms with Crippen LogP contribution in [0.3, 0.4) is 0 Å². The number of benzene rings is 2. The molecule has 8 heteroatoms. The van der Waals surface area contributed by atoms with Gasteiger partial charge in [-0.15, -0.1) is 10.2 Å². The van der Waals surface area contributed by atoms with E-state index in [2.05, 4.69) is 25.8 Å². The molecule has 0 radical (unpaired) electrons. The van der Waals surface area contributed by atoms with Crippen LogP contribution in [0.25, 0.3) is 0 Å². The van der Waals surface area contributed by atoms with E-state index in [1.165, 1.54) is 0 Å². The lowest BCUT2D eigenvalue weighted by atomic mass is 10.1. The number of thioether (sulfide) groups is 1. The minimum absolute atomic E-state index is 0.477. The molecule has 0 unspecified atom stereocenters. The summed E-state index contributed by atoms with van der Waals surface area (Å²) in [5.74, 6) is 2.05. The molecule has 1 N–H and O–H groups in total.